The van der Waals surface area contributed by atoms with Crippen molar-refractivity contribution in [3.8, 4) is 0 Å². The second kappa shape index (κ2) is 5.57. The molecule has 0 heterocycles. The van der Waals surface area contributed by atoms with Crippen LogP contribution < -0.4 is 11.5 Å². The second-order valence-corrected chi connectivity index (χ2v) is 6.36. The lowest BCUT2D eigenvalue weighted by atomic mass is 9.88. The van der Waals surface area contributed by atoms with Crippen molar-refractivity contribution >= 4 is 5.91 Å². The van der Waals surface area contributed by atoms with Crippen molar-refractivity contribution in [3.63, 3.8) is 0 Å². The molecule has 0 radical (unpaired) electrons. The van der Waals surface area contributed by atoms with Crippen molar-refractivity contribution in [3.05, 3.63) is 0 Å². The van der Waals surface area contributed by atoms with Gasteiger partial charge in [-0.2, -0.15) is 0 Å². The monoisotopic (exact) mass is 253 g/mol. The van der Waals surface area contributed by atoms with E-state index in [0.717, 1.165) is 31.7 Å². The van der Waals surface area contributed by atoms with E-state index in [1.54, 1.807) is 0 Å². The zero-order chi connectivity index (χ0) is 13.2. The van der Waals surface area contributed by atoms with Crippen LogP contribution >= 0.6 is 0 Å². The fourth-order valence-corrected chi connectivity index (χ4v) is 3.57. The zero-order valence-corrected chi connectivity index (χ0v) is 11.5. The van der Waals surface area contributed by atoms with E-state index in [4.69, 9.17) is 11.5 Å². The number of nitrogens with two attached hydrogens (primary N) is 2. The molecule has 0 aromatic rings. The molecule has 0 saturated heterocycles. The van der Waals surface area contributed by atoms with Crippen molar-refractivity contribution < 1.29 is 4.79 Å². The Balaban J connectivity index is 1.83. The number of primary amides is 1. The fourth-order valence-electron chi connectivity index (χ4n) is 3.57. The molecule has 18 heavy (non-hydrogen) atoms. The maximum absolute atomic E-state index is 11.4. The molecule has 0 aromatic carbocycles. The quantitative estimate of drug-likeness (QED) is 0.791. The molecule has 4 heteroatoms. The molecule has 4 N–H and O–H groups in total. The summed E-state index contributed by atoms with van der Waals surface area (Å²) in [7, 11) is 2.17. The molecule has 4 nitrogen and oxygen atoms in total. The number of carbonyl (C=O) groups excluding carboxylic acids is 1. The third-order valence-electron chi connectivity index (χ3n) is 4.91. The Hall–Kier alpha value is -0.610. The van der Waals surface area contributed by atoms with E-state index in [2.05, 4.69) is 11.9 Å². The summed E-state index contributed by atoms with van der Waals surface area (Å²) < 4.78 is 0. The average molecular weight is 253 g/mol. The zero-order valence-electron chi connectivity index (χ0n) is 11.5. The third-order valence-corrected chi connectivity index (χ3v) is 4.91. The van der Waals surface area contributed by atoms with Gasteiger partial charge >= 0.3 is 0 Å². The van der Waals surface area contributed by atoms with E-state index in [-0.39, 0.29) is 5.91 Å². The minimum Gasteiger partial charge on any atom is -0.368 e. The molecule has 2 atom stereocenters. The number of hydrogen-bond acceptors (Lipinski definition) is 3. The molecular weight excluding hydrogens is 226 g/mol. The van der Waals surface area contributed by atoms with E-state index in [1.165, 1.54) is 32.1 Å². The molecule has 0 aliphatic heterocycles. The molecule has 0 spiro atoms. The molecule has 2 aliphatic rings. The van der Waals surface area contributed by atoms with Gasteiger partial charge in [0.1, 0.15) is 0 Å². The summed E-state index contributed by atoms with van der Waals surface area (Å²) in [4.78, 5) is 13.8. The summed E-state index contributed by atoms with van der Waals surface area (Å²) >= 11 is 0. The van der Waals surface area contributed by atoms with Crippen LogP contribution in [0.15, 0.2) is 0 Å². The number of carbonyl (C=O) groups is 1. The van der Waals surface area contributed by atoms with Crippen molar-refractivity contribution in [2.24, 2.45) is 17.4 Å². The molecule has 1 amide bonds. The highest BCUT2D eigenvalue weighted by molar-refractivity contribution is 5.84. The highest BCUT2D eigenvalue weighted by Gasteiger charge is 2.42. The van der Waals surface area contributed by atoms with E-state index in [1.807, 2.05) is 0 Å². The SMILES string of the molecule is CN(CC1CCCCC1)C1CCC(N)(C(N)=O)C1. The Labute approximate surface area is 110 Å². The Morgan fingerprint density at radius 1 is 1.28 bits per heavy atom. The molecule has 0 aromatic heterocycles. The highest BCUT2D eigenvalue weighted by atomic mass is 16.1. The van der Waals surface area contributed by atoms with Crippen LogP contribution in [0.5, 0.6) is 0 Å². The van der Waals surface area contributed by atoms with Gasteiger partial charge in [-0.3, -0.25) is 4.79 Å². The van der Waals surface area contributed by atoms with Crippen LogP contribution in [0, 0.1) is 5.92 Å². The molecule has 2 aliphatic carbocycles. The van der Waals surface area contributed by atoms with Crippen LogP contribution in [0.4, 0.5) is 0 Å². The van der Waals surface area contributed by atoms with Crippen molar-refractivity contribution in [2.45, 2.75) is 62.9 Å². The minimum atomic E-state index is -0.758. The summed E-state index contributed by atoms with van der Waals surface area (Å²) in [5, 5.41) is 0. The molecule has 2 saturated carbocycles. The lowest BCUT2D eigenvalue weighted by Gasteiger charge is -2.31. The first kappa shape index (κ1) is 13.8. The summed E-state index contributed by atoms with van der Waals surface area (Å²) in [5.74, 6) is 0.501. The van der Waals surface area contributed by atoms with Gasteiger partial charge in [-0.25, -0.2) is 0 Å². The van der Waals surface area contributed by atoms with Crippen LogP contribution in [0.2, 0.25) is 0 Å². The van der Waals surface area contributed by atoms with Gasteiger partial charge in [0, 0.05) is 12.6 Å². The third kappa shape index (κ3) is 3.04. The van der Waals surface area contributed by atoms with Crippen LogP contribution in [0.1, 0.15) is 51.4 Å². The van der Waals surface area contributed by atoms with Gasteiger partial charge in [0.25, 0.3) is 0 Å². The normalized spacial score (nSPS) is 34.1. The Bertz CT molecular complexity index is 301. The Kier molecular flexibility index (Phi) is 4.28. The second-order valence-electron chi connectivity index (χ2n) is 6.36. The minimum absolute atomic E-state index is 0.337. The largest absolute Gasteiger partial charge is 0.368 e. The Morgan fingerprint density at radius 3 is 2.50 bits per heavy atom. The first-order valence-electron chi connectivity index (χ1n) is 7.30. The van der Waals surface area contributed by atoms with Gasteiger partial charge in [0.05, 0.1) is 5.54 Å². The average Bonchev–Trinajstić information content (AvgIpc) is 2.75. The van der Waals surface area contributed by atoms with E-state index in [9.17, 15) is 4.79 Å². The van der Waals surface area contributed by atoms with Crippen molar-refractivity contribution in [2.75, 3.05) is 13.6 Å². The predicted molar refractivity (Wildman–Crippen MR) is 73.0 cm³/mol. The number of rotatable bonds is 4. The number of hydrogen-bond donors (Lipinski definition) is 2. The number of amides is 1. The topological polar surface area (TPSA) is 72.3 Å². The van der Waals surface area contributed by atoms with Crippen LogP contribution in [-0.2, 0) is 4.79 Å². The standard InChI is InChI=1S/C14H27N3O/c1-17(10-11-5-3-2-4-6-11)12-7-8-14(16,9-12)13(15)18/h11-12H,2-10,16H2,1H3,(H2,15,18). The summed E-state index contributed by atoms with van der Waals surface area (Å²) in [6.45, 7) is 1.15. The van der Waals surface area contributed by atoms with E-state index < -0.39 is 5.54 Å². The molecule has 2 rings (SSSR count). The first-order valence-corrected chi connectivity index (χ1v) is 7.30. The Morgan fingerprint density at radius 2 is 1.94 bits per heavy atom. The van der Waals surface area contributed by atoms with Crippen LogP contribution in [0.3, 0.4) is 0 Å². The van der Waals surface area contributed by atoms with Gasteiger partial charge in [-0.05, 0) is 45.1 Å². The van der Waals surface area contributed by atoms with Gasteiger partial charge in [0.15, 0.2) is 0 Å². The molecule has 2 unspecified atom stereocenters. The molecule has 0 bridgehead atoms. The maximum Gasteiger partial charge on any atom is 0.237 e. The molecule has 2 fully saturated rings. The van der Waals surface area contributed by atoms with Gasteiger partial charge in [0.2, 0.25) is 5.91 Å². The van der Waals surface area contributed by atoms with E-state index in [0.29, 0.717) is 6.04 Å². The summed E-state index contributed by atoms with van der Waals surface area (Å²) in [6.07, 6.45) is 9.35. The van der Waals surface area contributed by atoms with Gasteiger partial charge < -0.3 is 16.4 Å². The smallest absolute Gasteiger partial charge is 0.237 e. The summed E-state index contributed by atoms with van der Waals surface area (Å²) in [6, 6.07) is 0.435. The maximum atomic E-state index is 11.4. The number of nitrogens with zero attached hydrogens (tertiary/aromatic N) is 1. The lowest BCUT2D eigenvalue weighted by Crippen LogP contribution is -2.51. The van der Waals surface area contributed by atoms with Crippen LogP contribution in [0.25, 0.3) is 0 Å². The fraction of sp³-hybridized carbons (Fsp3) is 0.929. The van der Waals surface area contributed by atoms with Crippen molar-refractivity contribution in [1.29, 1.82) is 0 Å². The summed E-state index contributed by atoms with van der Waals surface area (Å²) in [5.41, 5.74) is 10.7. The lowest BCUT2D eigenvalue weighted by molar-refractivity contribution is -0.123. The molecule has 104 valence electrons. The van der Waals surface area contributed by atoms with Crippen LogP contribution in [-0.4, -0.2) is 36.0 Å². The first-order chi connectivity index (χ1) is 8.51. The highest BCUT2D eigenvalue weighted by Crippen LogP contribution is 2.32. The van der Waals surface area contributed by atoms with Gasteiger partial charge in [-0.1, -0.05) is 19.3 Å². The van der Waals surface area contributed by atoms with Gasteiger partial charge in [-0.15, -0.1) is 0 Å². The molecular formula is C14H27N3O. The van der Waals surface area contributed by atoms with E-state index >= 15 is 0 Å². The van der Waals surface area contributed by atoms with Crippen molar-refractivity contribution in [1.82, 2.24) is 4.90 Å². The predicted octanol–water partition coefficient (Wildman–Crippen LogP) is 1.23.